The van der Waals surface area contributed by atoms with E-state index in [1.54, 1.807) is 0 Å². The van der Waals surface area contributed by atoms with Crippen LogP contribution in [-0.2, 0) is 0 Å². The van der Waals surface area contributed by atoms with Crippen molar-refractivity contribution in [2.45, 2.75) is 6.55 Å². The maximum atomic E-state index is 12.0. The van der Waals surface area contributed by atoms with E-state index in [0.29, 0.717) is 4.68 Å². The number of alkyl halides is 2. The van der Waals surface area contributed by atoms with E-state index in [0.717, 1.165) is 6.20 Å². The quantitative estimate of drug-likeness (QED) is 0.744. The molecular weight excluding hydrogens is 192 g/mol. The van der Waals surface area contributed by atoms with E-state index in [4.69, 9.17) is 0 Å². The second-order valence-electron chi connectivity index (χ2n) is 2.46. The van der Waals surface area contributed by atoms with Crippen LogP contribution in [0.4, 0.5) is 8.78 Å². The molecule has 1 amide bonds. The lowest BCUT2D eigenvalue weighted by molar-refractivity contribution is 0.0560. The molecule has 14 heavy (non-hydrogen) atoms. The van der Waals surface area contributed by atoms with Gasteiger partial charge in [-0.1, -0.05) is 6.08 Å². The van der Waals surface area contributed by atoms with Crippen LogP contribution in [-0.4, -0.2) is 22.2 Å². The molecule has 1 heterocycles. The SMILES string of the molecule is C=CCNC(=O)c1ccn(C(F)F)n1. The number of carbonyl (C=O) groups is 1. The van der Waals surface area contributed by atoms with Gasteiger partial charge in [-0.05, 0) is 6.07 Å². The van der Waals surface area contributed by atoms with E-state index < -0.39 is 12.5 Å². The van der Waals surface area contributed by atoms with Crippen LogP contribution in [0, 0.1) is 0 Å². The zero-order valence-corrected chi connectivity index (χ0v) is 7.28. The fourth-order valence-corrected chi connectivity index (χ4v) is 0.823. The number of amides is 1. The lowest BCUT2D eigenvalue weighted by Gasteiger charge is -1.98. The van der Waals surface area contributed by atoms with Crippen molar-refractivity contribution in [3.8, 4) is 0 Å². The number of nitrogens with zero attached hydrogens (tertiary/aromatic N) is 2. The third kappa shape index (κ3) is 2.38. The Balaban J connectivity index is 2.66. The monoisotopic (exact) mass is 201 g/mol. The first-order valence-electron chi connectivity index (χ1n) is 3.87. The molecule has 0 unspecified atom stereocenters. The van der Waals surface area contributed by atoms with Gasteiger partial charge in [0.1, 0.15) is 5.69 Å². The van der Waals surface area contributed by atoms with Crippen LogP contribution in [0.2, 0.25) is 0 Å². The summed E-state index contributed by atoms with van der Waals surface area (Å²) in [5, 5.41) is 5.81. The molecule has 0 saturated carbocycles. The van der Waals surface area contributed by atoms with E-state index in [2.05, 4.69) is 17.0 Å². The average Bonchev–Trinajstić information content (AvgIpc) is 2.62. The van der Waals surface area contributed by atoms with Gasteiger partial charge in [-0.15, -0.1) is 6.58 Å². The molecule has 0 saturated heterocycles. The first-order valence-corrected chi connectivity index (χ1v) is 3.87. The number of carbonyl (C=O) groups excluding carboxylic acids is 1. The summed E-state index contributed by atoms with van der Waals surface area (Å²) in [4.78, 5) is 11.2. The molecule has 0 fully saturated rings. The van der Waals surface area contributed by atoms with Crippen molar-refractivity contribution in [2.75, 3.05) is 6.54 Å². The second-order valence-corrected chi connectivity index (χ2v) is 2.46. The van der Waals surface area contributed by atoms with Crippen LogP contribution < -0.4 is 5.32 Å². The Morgan fingerprint density at radius 3 is 3.00 bits per heavy atom. The Hall–Kier alpha value is -1.72. The molecule has 76 valence electrons. The highest BCUT2D eigenvalue weighted by molar-refractivity contribution is 5.92. The summed E-state index contributed by atoms with van der Waals surface area (Å²) in [6.45, 7) is 0.952. The highest BCUT2D eigenvalue weighted by atomic mass is 19.3. The van der Waals surface area contributed by atoms with E-state index in [9.17, 15) is 13.6 Å². The first-order chi connectivity index (χ1) is 6.65. The molecule has 0 aliphatic rings. The van der Waals surface area contributed by atoms with Crippen molar-refractivity contribution in [3.63, 3.8) is 0 Å². The standard InChI is InChI=1S/C8H9F2N3O/c1-2-4-11-7(14)6-3-5-13(12-6)8(9)10/h2-3,5,8H,1,4H2,(H,11,14). The van der Waals surface area contributed by atoms with Crippen LogP contribution in [0.25, 0.3) is 0 Å². The van der Waals surface area contributed by atoms with E-state index in [-0.39, 0.29) is 12.2 Å². The lowest BCUT2D eigenvalue weighted by Crippen LogP contribution is -2.23. The van der Waals surface area contributed by atoms with Crippen LogP contribution in [0.3, 0.4) is 0 Å². The molecule has 0 atom stereocenters. The Kier molecular flexibility index (Phi) is 3.33. The minimum absolute atomic E-state index is 0.0350. The van der Waals surface area contributed by atoms with Crippen molar-refractivity contribution in [1.29, 1.82) is 0 Å². The minimum atomic E-state index is -2.73. The molecule has 1 aromatic heterocycles. The summed E-state index contributed by atoms with van der Waals surface area (Å²) in [5.41, 5.74) is -0.0350. The molecule has 0 aliphatic carbocycles. The normalized spacial score (nSPS) is 10.2. The molecule has 1 N–H and O–H groups in total. The smallest absolute Gasteiger partial charge is 0.333 e. The first kappa shape index (κ1) is 10.4. The zero-order chi connectivity index (χ0) is 10.6. The molecule has 0 bridgehead atoms. The van der Waals surface area contributed by atoms with Crippen molar-refractivity contribution >= 4 is 5.91 Å². The van der Waals surface area contributed by atoms with E-state index >= 15 is 0 Å². The maximum Gasteiger partial charge on any atom is 0.333 e. The van der Waals surface area contributed by atoms with Crippen molar-refractivity contribution in [1.82, 2.24) is 15.1 Å². The summed E-state index contributed by atoms with van der Waals surface area (Å²) in [7, 11) is 0. The largest absolute Gasteiger partial charge is 0.347 e. The topological polar surface area (TPSA) is 46.9 Å². The number of aromatic nitrogens is 2. The Bertz CT molecular complexity index is 335. The Morgan fingerprint density at radius 2 is 2.50 bits per heavy atom. The van der Waals surface area contributed by atoms with Gasteiger partial charge in [-0.25, -0.2) is 4.68 Å². The van der Waals surface area contributed by atoms with Gasteiger partial charge in [-0.2, -0.15) is 13.9 Å². The summed E-state index contributed by atoms with van der Waals surface area (Å²) in [6, 6.07) is 1.23. The molecule has 0 aromatic carbocycles. The minimum Gasteiger partial charge on any atom is -0.347 e. The second kappa shape index (κ2) is 4.50. The fraction of sp³-hybridized carbons (Fsp3) is 0.250. The molecule has 0 aliphatic heterocycles. The number of nitrogens with one attached hydrogen (secondary N) is 1. The molecule has 0 radical (unpaired) electrons. The molecular formula is C8H9F2N3O. The van der Waals surface area contributed by atoms with Crippen LogP contribution in [0.1, 0.15) is 17.0 Å². The average molecular weight is 201 g/mol. The summed E-state index contributed by atoms with van der Waals surface area (Å²) >= 11 is 0. The highest BCUT2D eigenvalue weighted by Gasteiger charge is 2.11. The number of hydrogen-bond donors (Lipinski definition) is 1. The van der Waals surface area contributed by atoms with E-state index in [1.165, 1.54) is 12.1 Å². The van der Waals surface area contributed by atoms with Gasteiger partial charge in [0.15, 0.2) is 0 Å². The van der Waals surface area contributed by atoms with Crippen molar-refractivity contribution < 1.29 is 13.6 Å². The number of halogens is 2. The maximum absolute atomic E-state index is 12.0. The van der Waals surface area contributed by atoms with Crippen LogP contribution in [0.5, 0.6) is 0 Å². The van der Waals surface area contributed by atoms with Gasteiger partial charge < -0.3 is 5.32 Å². The Labute approximate surface area is 79.2 Å². The van der Waals surface area contributed by atoms with Crippen LogP contribution >= 0.6 is 0 Å². The third-order valence-corrected chi connectivity index (χ3v) is 1.45. The lowest BCUT2D eigenvalue weighted by atomic mass is 10.4. The van der Waals surface area contributed by atoms with Gasteiger partial charge in [0.2, 0.25) is 0 Å². The van der Waals surface area contributed by atoms with Gasteiger partial charge in [0.05, 0.1) is 0 Å². The molecule has 1 rings (SSSR count). The van der Waals surface area contributed by atoms with E-state index in [1.807, 2.05) is 0 Å². The molecule has 0 spiro atoms. The highest BCUT2D eigenvalue weighted by Crippen LogP contribution is 2.08. The van der Waals surface area contributed by atoms with Gasteiger partial charge in [-0.3, -0.25) is 4.79 Å². The summed E-state index contributed by atoms with van der Waals surface area (Å²) < 4.78 is 24.5. The van der Waals surface area contributed by atoms with Gasteiger partial charge >= 0.3 is 6.55 Å². The van der Waals surface area contributed by atoms with Crippen LogP contribution in [0.15, 0.2) is 24.9 Å². The number of rotatable bonds is 4. The summed E-state index contributed by atoms with van der Waals surface area (Å²) in [6.07, 6.45) is 2.54. The predicted molar refractivity (Wildman–Crippen MR) is 46.0 cm³/mol. The zero-order valence-electron chi connectivity index (χ0n) is 7.28. The molecule has 6 heteroatoms. The fourth-order valence-electron chi connectivity index (χ4n) is 0.823. The van der Waals surface area contributed by atoms with Gasteiger partial charge in [0, 0.05) is 12.7 Å². The van der Waals surface area contributed by atoms with Gasteiger partial charge in [0.25, 0.3) is 5.91 Å². The third-order valence-electron chi connectivity index (χ3n) is 1.45. The van der Waals surface area contributed by atoms with Crippen molar-refractivity contribution in [3.05, 3.63) is 30.6 Å². The predicted octanol–water partition coefficient (Wildman–Crippen LogP) is 1.19. The molecule has 4 nitrogen and oxygen atoms in total. The van der Waals surface area contributed by atoms with Crippen molar-refractivity contribution in [2.24, 2.45) is 0 Å². The molecule has 1 aromatic rings. The summed E-state index contributed by atoms with van der Waals surface area (Å²) in [5.74, 6) is -0.496. The number of hydrogen-bond acceptors (Lipinski definition) is 2. The Morgan fingerprint density at radius 1 is 1.79 bits per heavy atom.